The predicted molar refractivity (Wildman–Crippen MR) is 123 cm³/mol. The number of fused-ring (bicyclic) bond motifs is 1. The highest BCUT2D eigenvalue weighted by atomic mass is 35.5. The topological polar surface area (TPSA) is 137 Å². The number of nitrogens with two attached hydrogens (primary N) is 1. The summed E-state index contributed by atoms with van der Waals surface area (Å²) in [5.41, 5.74) is 6.02. The zero-order valence-electron chi connectivity index (χ0n) is 17.0. The maximum absolute atomic E-state index is 12.8. The summed E-state index contributed by atoms with van der Waals surface area (Å²) in [6, 6.07) is 14.6. The molecule has 11 heteroatoms. The number of halogens is 1. The van der Waals surface area contributed by atoms with Gasteiger partial charge in [-0.05, 0) is 48.5 Å². The van der Waals surface area contributed by atoms with E-state index in [1.165, 1.54) is 60.7 Å². The zero-order valence-corrected chi connectivity index (χ0v) is 18.6. The first-order chi connectivity index (χ1) is 15.7. The van der Waals surface area contributed by atoms with Crippen LogP contribution < -0.4 is 25.2 Å². The predicted octanol–water partition coefficient (Wildman–Crippen LogP) is 3.26. The second-order valence-electron chi connectivity index (χ2n) is 7.00. The molecule has 0 unspecified atom stereocenters. The molecule has 0 spiro atoms. The molecule has 0 aliphatic carbocycles. The van der Waals surface area contributed by atoms with Gasteiger partial charge in [0.2, 0.25) is 5.91 Å². The number of hydrogen-bond donors (Lipinski definition) is 3. The van der Waals surface area contributed by atoms with Gasteiger partial charge in [0, 0.05) is 23.0 Å². The first-order valence-corrected chi connectivity index (χ1v) is 11.5. The number of benzene rings is 3. The van der Waals surface area contributed by atoms with Gasteiger partial charge in [0.05, 0.1) is 15.5 Å². The first kappa shape index (κ1) is 22.4. The second kappa shape index (κ2) is 9.00. The van der Waals surface area contributed by atoms with Crippen molar-refractivity contribution in [3.05, 3.63) is 76.8 Å². The van der Waals surface area contributed by atoms with Gasteiger partial charge in [-0.25, -0.2) is 8.42 Å². The molecule has 2 amide bonds. The highest BCUT2D eigenvalue weighted by Gasteiger charge is 2.20. The summed E-state index contributed by atoms with van der Waals surface area (Å²) in [4.78, 5) is 24.1. The lowest BCUT2D eigenvalue weighted by Gasteiger charge is -2.19. The zero-order chi connectivity index (χ0) is 23.6. The van der Waals surface area contributed by atoms with Crippen LogP contribution in [0.15, 0.2) is 65.6 Å². The number of rotatable bonds is 6. The summed E-state index contributed by atoms with van der Waals surface area (Å²) in [7, 11) is -3.95. The van der Waals surface area contributed by atoms with Crippen LogP contribution in [0.4, 0.5) is 11.4 Å². The van der Waals surface area contributed by atoms with Crippen molar-refractivity contribution >= 4 is 44.8 Å². The Morgan fingerprint density at radius 1 is 0.909 bits per heavy atom. The van der Waals surface area contributed by atoms with E-state index in [1.54, 1.807) is 0 Å². The molecule has 3 aromatic carbocycles. The molecule has 0 saturated carbocycles. The minimum absolute atomic E-state index is 0.0123. The molecular weight excluding hydrogens is 470 g/mol. The lowest BCUT2D eigenvalue weighted by Crippen LogP contribution is -2.18. The van der Waals surface area contributed by atoms with Gasteiger partial charge >= 0.3 is 0 Å². The molecular formula is C22H18ClN3O6S. The number of carbonyl (C=O) groups is 2. The maximum atomic E-state index is 12.8. The summed E-state index contributed by atoms with van der Waals surface area (Å²) in [5.74, 6) is -0.434. The summed E-state index contributed by atoms with van der Waals surface area (Å²) in [6.45, 7) is 0.724. The summed E-state index contributed by atoms with van der Waals surface area (Å²) >= 11 is 5.92. The van der Waals surface area contributed by atoms with Crippen LogP contribution in [0, 0.1) is 0 Å². The van der Waals surface area contributed by atoms with E-state index in [2.05, 4.69) is 10.0 Å². The van der Waals surface area contributed by atoms with Crippen molar-refractivity contribution in [2.75, 3.05) is 23.3 Å². The summed E-state index contributed by atoms with van der Waals surface area (Å²) in [5, 5.41) is 2.79. The number of amides is 2. The van der Waals surface area contributed by atoms with Crippen molar-refractivity contribution < 1.29 is 27.5 Å². The van der Waals surface area contributed by atoms with Crippen LogP contribution in [-0.4, -0.2) is 33.4 Å². The third-order valence-corrected chi connectivity index (χ3v) is 6.40. The third-order valence-electron chi connectivity index (χ3n) is 4.69. The first-order valence-electron chi connectivity index (χ1n) is 9.66. The van der Waals surface area contributed by atoms with Gasteiger partial charge in [-0.15, -0.1) is 0 Å². The van der Waals surface area contributed by atoms with Crippen LogP contribution in [0.3, 0.4) is 0 Å². The molecule has 33 heavy (non-hydrogen) atoms. The highest BCUT2D eigenvalue weighted by molar-refractivity contribution is 7.92. The number of anilines is 2. The Bertz CT molecular complexity index is 1360. The van der Waals surface area contributed by atoms with E-state index in [4.69, 9.17) is 26.8 Å². The van der Waals surface area contributed by atoms with Crippen molar-refractivity contribution in [2.45, 2.75) is 4.90 Å². The average molecular weight is 488 g/mol. The number of primary amides is 1. The second-order valence-corrected chi connectivity index (χ2v) is 9.09. The largest absolute Gasteiger partial charge is 0.486 e. The lowest BCUT2D eigenvalue weighted by molar-refractivity contribution is 0.0996. The van der Waals surface area contributed by atoms with Gasteiger partial charge in [-0.3, -0.25) is 14.3 Å². The fraction of sp³-hybridized carbons (Fsp3) is 0.0909. The van der Waals surface area contributed by atoms with Crippen LogP contribution in [0.2, 0.25) is 5.02 Å². The minimum Gasteiger partial charge on any atom is -0.486 e. The van der Waals surface area contributed by atoms with Crippen molar-refractivity contribution in [3.8, 4) is 11.5 Å². The van der Waals surface area contributed by atoms with Crippen molar-refractivity contribution in [3.63, 3.8) is 0 Å². The lowest BCUT2D eigenvalue weighted by atomic mass is 10.1. The van der Waals surface area contributed by atoms with E-state index >= 15 is 0 Å². The van der Waals surface area contributed by atoms with Gasteiger partial charge < -0.3 is 20.5 Å². The Labute approximate surface area is 194 Å². The molecule has 1 aliphatic rings. The van der Waals surface area contributed by atoms with E-state index in [0.29, 0.717) is 30.4 Å². The molecule has 0 radical (unpaired) electrons. The van der Waals surface area contributed by atoms with Gasteiger partial charge in [0.15, 0.2) is 11.5 Å². The molecule has 0 fully saturated rings. The molecule has 170 valence electrons. The normalized spacial score (nSPS) is 12.6. The fourth-order valence-corrected chi connectivity index (χ4v) is 4.40. The van der Waals surface area contributed by atoms with E-state index in [0.717, 1.165) is 0 Å². The molecule has 0 atom stereocenters. The Balaban J connectivity index is 1.52. The van der Waals surface area contributed by atoms with Crippen molar-refractivity contribution in [1.82, 2.24) is 0 Å². The smallest absolute Gasteiger partial charge is 0.262 e. The molecule has 0 aromatic heterocycles. The molecule has 9 nitrogen and oxygen atoms in total. The maximum Gasteiger partial charge on any atom is 0.262 e. The fourth-order valence-electron chi connectivity index (χ4n) is 3.12. The average Bonchev–Trinajstić information content (AvgIpc) is 2.79. The Morgan fingerprint density at radius 3 is 2.42 bits per heavy atom. The number of hydrogen-bond acceptors (Lipinski definition) is 6. The van der Waals surface area contributed by atoms with Crippen LogP contribution in [0.5, 0.6) is 11.5 Å². The van der Waals surface area contributed by atoms with Gasteiger partial charge in [0.25, 0.3) is 15.9 Å². The molecule has 0 saturated heterocycles. The van der Waals surface area contributed by atoms with Crippen LogP contribution >= 0.6 is 11.6 Å². The van der Waals surface area contributed by atoms with Gasteiger partial charge in [-0.1, -0.05) is 17.7 Å². The summed E-state index contributed by atoms with van der Waals surface area (Å²) in [6.07, 6.45) is 0. The molecule has 4 rings (SSSR count). The SMILES string of the molecule is NC(=O)c1cc(NC(=O)c2cccc(NS(=O)(=O)c3ccc4c(c3)OCCO4)c2)ccc1Cl. The van der Waals surface area contributed by atoms with E-state index < -0.39 is 21.8 Å². The Kier molecular flexibility index (Phi) is 6.12. The molecule has 3 aromatic rings. The molecule has 1 heterocycles. The van der Waals surface area contributed by atoms with Crippen molar-refractivity contribution in [2.24, 2.45) is 5.73 Å². The molecule has 1 aliphatic heterocycles. The molecule has 0 bridgehead atoms. The quantitative estimate of drug-likeness (QED) is 0.488. The van der Waals surface area contributed by atoms with Crippen molar-refractivity contribution in [1.29, 1.82) is 0 Å². The monoisotopic (exact) mass is 487 g/mol. The third kappa shape index (κ3) is 5.02. The molecule has 4 N–H and O–H groups in total. The van der Waals surface area contributed by atoms with Crippen LogP contribution in [0.1, 0.15) is 20.7 Å². The minimum atomic E-state index is -3.95. The van der Waals surface area contributed by atoms with Gasteiger partial charge in [0.1, 0.15) is 13.2 Å². The Morgan fingerprint density at radius 2 is 1.67 bits per heavy atom. The van der Waals surface area contributed by atoms with E-state index in [9.17, 15) is 18.0 Å². The van der Waals surface area contributed by atoms with Crippen LogP contribution in [-0.2, 0) is 10.0 Å². The number of sulfonamides is 1. The van der Waals surface area contributed by atoms with E-state index in [1.807, 2.05) is 0 Å². The Hall–Kier alpha value is -3.76. The summed E-state index contributed by atoms with van der Waals surface area (Å²) < 4.78 is 39.0. The number of ether oxygens (including phenoxy) is 2. The standard InChI is InChI=1S/C22H18ClN3O6S/c23-18-6-4-14(11-17(18)21(24)27)25-22(28)13-2-1-3-15(10-13)26-33(29,30)16-5-7-19-20(12-16)32-9-8-31-19/h1-7,10-12,26H,8-9H2,(H2,24,27)(H,25,28). The van der Waals surface area contributed by atoms with Crippen LogP contribution in [0.25, 0.3) is 0 Å². The van der Waals surface area contributed by atoms with E-state index in [-0.39, 0.29) is 26.7 Å². The number of carbonyl (C=O) groups excluding carboxylic acids is 2. The highest BCUT2D eigenvalue weighted by Crippen LogP contribution is 2.32. The number of nitrogens with one attached hydrogen (secondary N) is 2. The van der Waals surface area contributed by atoms with Gasteiger partial charge in [-0.2, -0.15) is 0 Å².